The highest BCUT2D eigenvalue weighted by Crippen LogP contribution is 2.29. The number of ether oxygens (including phenoxy) is 2. The van der Waals surface area contributed by atoms with Crippen LogP contribution in [0, 0.1) is 5.92 Å². The molecule has 0 saturated heterocycles. The molecular weight excluding hydrogens is 386 g/mol. The average Bonchev–Trinajstić information content (AvgIpc) is 3.06. The molecule has 0 amide bonds. The Hall–Kier alpha value is -2.49. The number of rotatable bonds is 12. The van der Waals surface area contributed by atoms with Crippen molar-refractivity contribution in [2.45, 2.75) is 65.2 Å². The molecular formula is C27H39NO3. The molecule has 1 aliphatic carbocycles. The van der Waals surface area contributed by atoms with E-state index in [2.05, 4.69) is 43.1 Å². The van der Waals surface area contributed by atoms with E-state index in [1.54, 1.807) is 7.11 Å². The molecule has 31 heavy (non-hydrogen) atoms. The zero-order chi connectivity index (χ0) is 22.5. The maximum atomic E-state index is 12.0. The Kier molecular flexibility index (Phi) is 11.0. The lowest BCUT2D eigenvalue weighted by atomic mass is 9.94. The summed E-state index contributed by atoms with van der Waals surface area (Å²) in [6, 6.07) is 6.22. The van der Waals surface area contributed by atoms with Gasteiger partial charge in [-0.1, -0.05) is 37.8 Å². The summed E-state index contributed by atoms with van der Waals surface area (Å²) in [4.78, 5) is 12.0. The van der Waals surface area contributed by atoms with Gasteiger partial charge in [-0.2, -0.15) is 0 Å². The normalized spacial score (nSPS) is 15.1. The highest BCUT2D eigenvalue weighted by molar-refractivity contribution is 5.75. The van der Waals surface area contributed by atoms with Gasteiger partial charge in [-0.3, -0.25) is 4.79 Å². The summed E-state index contributed by atoms with van der Waals surface area (Å²) >= 11 is 0. The second-order valence-corrected chi connectivity index (χ2v) is 7.99. The van der Waals surface area contributed by atoms with Gasteiger partial charge in [-0.25, -0.2) is 0 Å². The van der Waals surface area contributed by atoms with E-state index in [0.29, 0.717) is 19.4 Å². The zero-order valence-electron chi connectivity index (χ0n) is 19.5. The number of benzene rings is 1. The van der Waals surface area contributed by atoms with Gasteiger partial charge in [0, 0.05) is 24.2 Å². The van der Waals surface area contributed by atoms with Crippen LogP contribution in [0.25, 0.3) is 5.70 Å². The molecule has 0 unspecified atom stereocenters. The minimum Gasteiger partial charge on any atom is -0.497 e. The van der Waals surface area contributed by atoms with Crippen molar-refractivity contribution in [1.29, 1.82) is 0 Å². The van der Waals surface area contributed by atoms with Gasteiger partial charge in [0.2, 0.25) is 0 Å². The molecule has 0 spiro atoms. The molecule has 0 atom stereocenters. The number of aryl methyl sites for hydroxylation is 1. The minimum atomic E-state index is -0.173. The van der Waals surface area contributed by atoms with Gasteiger partial charge >= 0.3 is 5.97 Å². The number of carbonyl (C=O) groups is 1. The van der Waals surface area contributed by atoms with Crippen molar-refractivity contribution in [2.75, 3.05) is 20.3 Å². The van der Waals surface area contributed by atoms with Crippen LogP contribution >= 0.6 is 0 Å². The molecule has 2 rings (SSSR count). The van der Waals surface area contributed by atoms with Crippen molar-refractivity contribution in [3.05, 3.63) is 59.7 Å². The number of allylic oxidation sites excluding steroid dienone is 4. The molecule has 1 aliphatic rings. The van der Waals surface area contributed by atoms with E-state index < -0.39 is 0 Å². The van der Waals surface area contributed by atoms with E-state index >= 15 is 0 Å². The van der Waals surface area contributed by atoms with Gasteiger partial charge in [0.15, 0.2) is 0 Å². The largest absolute Gasteiger partial charge is 0.497 e. The highest BCUT2D eigenvalue weighted by Gasteiger charge is 2.16. The molecule has 0 aromatic heterocycles. The van der Waals surface area contributed by atoms with Crippen molar-refractivity contribution in [3.63, 3.8) is 0 Å². The lowest BCUT2D eigenvalue weighted by molar-refractivity contribution is -0.143. The quantitative estimate of drug-likeness (QED) is 0.245. The van der Waals surface area contributed by atoms with Crippen molar-refractivity contribution < 1.29 is 14.3 Å². The molecule has 0 aliphatic heterocycles. The van der Waals surface area contributed by atoms with Crippen molar-refractivity contribution in [3.8, 4) is 5.75 Å². The average molecular weight is 426 g/mol. The summed E-state index contributed by atoms with van der Waals surface area (Å²) in [5.74, 6) is 1.40. The van der Waals surface area contributed by atoms with Crippen LogP contribution in [0.4, 0.5) is 0 Å². The van der Waals surface area contributed by atoms with E-state index in [4.69, 9.17) is 9.47 Å². The molecule has 0 radical (unpaired) electrons. The van der Waals surface area contributed by atoms with Crippen LogP contribution in [-0.2, 0) is 16.0 Å². The van der Waals surface area contributed by atoms with E-state index in [-0.39, 0.29) is 5.97 Å². The molecule has 1 N–H and O–H groups in total. The van der Waals surface area contributed by atoms with E-state index in [0.717, 1.165) is 47.9 Å². The van der Waals surface area contributed by atoms with Crippen LogP contribution in [0.3, 0.4) is 0 Å². The first kappa shape index (κ1) is 24.8. The number of hydrogen-bond acceptors (Lipinski definition) is 4. The standard InChI is InChI=1S/C27H39NO3/c1-5-22-14-16-24(30-4)20-25(22)27(23(6-2)15-17-26(29)31-7-3)28-19-18-21-12-10-8-9-11-13-21/h6,8-9,14,16,20-21,28H,2,5,7,10-13,15,17-19H2,1,3-4H3/b27-23-. The Morgan fingerprint density at radius 1 is 1.19 bits per heavy atom. The maximum Gasteiger partial charge on any atom is 0.306 e. The third kappa shape index (κ3) is 7.93. The zero-order valence-corrected chi connectivity index (χ0v) is 19.5. The van der Waals surface area contributed by atoms with Gasteiger partial charge < -0.3 is 14.8 Å². The number of carbonyl (C=O) groups excluding carboxylic acids is 1. The molecule has 1 aromatic carbocycles. The minimum absolute atomic E-state index is 0.173. The monoisotopic (exact) mass is 425 g/mol. The Balaban J connectivity index is 2.27. The second kappa shape index (κ2) is 13.7. The van der Waals surface area contributed by atoms with Crippen LogP contribution in [0.15, 0.2) is 48.6 Å². The lowest BCUT2D eigenvalue weighted by Crippen LogP contribution is -2.20. The lowest BCUT2D eigenvalue weighted by Gasteiger charge is -2.21. The molecule has 1 aromatic rings. The second-order valence-electron chi connectivity index (χ2n) is 7.99. The Morgan fingerprint density at radius 3 is 2.55 bits per heavy atom. The molecule has 0 heterocycles. The number of nitrogens with one attached hydrogen (secondary N) is 1. The van der Waals surface area contributed by atoms with E-state index in [1.165, 1.54) is 31.2 Å². The number of esters is 1. The van der Waals surface area contributed by atoms with Gasteiger partial charge in [0.25, 0.3) is 0 Å². The highest BCUT2D eigenvalue weighted by atomic mass is 16.5. The fourth-order valence-electron chi connectivity index (χ4n) is 4.14. The maximum absolute atomic E-state index is 12.0. The molecule has 4 heteroatoms. The molecule has 170 valence electrons. The summed E-state index contributed by atoms with van der Waals surface area (Å²) < 4.78 is 10.6. The summed E-state index contributed by atoms with van der Waals surface area (Å²) in [6.07, 6.45) is 14.4. The third-order valence-electron chi connectivity index (χ3n) is 5.94. The summed E-state index contributed by atoms with van der Waals surface area (Å²) in [5.41, 5.74) is 4.47. The molecule has 4 nitrogen and oxygen atoms in total. The third-order valence-corrected chi connectivity index (χ3v) is 5.94. The van der Waals surface area contributed by atoms with Crippen molar-refractivity contribution in [2.24, 2.45) is 5.92 Å². The number of hydrogen-bond donors (Lipinski definition) is 1. The summed E-state index contributed by atoms with van der Waals surface area (Å²) in [5, 5.41) is 3.72. The molecule has 0 saturated carbocycles. The first-order valence-electron chi connectivity index (χ1n) is 11.7. The SMILES string of the molecule is C=C/C(CCC(=O)OCC)=C(/NCCC1CCC=CCC1)c1cc(OC)ccc1CC. The van der Waals surface area contributed by atoms with E-state index in [1.807, 2.05) is 19.1 Å². The Labute approximate surface area is 188 Å². The first-order chi connectivity index (χ1) is 15.1. The predicted octanol–water partition coefficient (Wildman–Crippen LogP) is 6.22. The smallest absolute Gasteiger partial charge is 0.306 e. The van der Waals surface area contributed by atoms with Gasteiger partial charge in [0.1, 0.15) is 5.75 Å². The number of methoxy groups -OCH3 is 1. The van der Waals surface area contributed by atoms with Gasteiger partial charge in [0.05, 0.1) is 13.7 Å². The summed E-state index contributed by atoms with van der Waals surface area (Å²) in [7, 11) is 1.69. The van der Waals surface area contributed by atoms with Gasteiger partial charge in [-0.05, 0) is 81.1 Å². The predicted molar refractivity (Wildman–Crippen MR) is 129 cm³/mol. The topological polar surface area (TPSA) is 47.6 Å². The summed E-state index contributed by atoms with van der Waals surface area (Å²) in [6.45, 7) is 9.35. The van der Waals surface area contributed by atoms with Gasteiger partial charge in [-0.15, -0.1) is 0 Å². The van der Waals surface area contributed by atoms with Crippen LogP contribution in [0.2, 0.25) is 0 Å². The van der Waals surface area contributed by atoms with Crippen molar-refractivity contribution in [1.82, 2.24) is 5.32 Å². The fraction of sp³-hybridized carbons (Fsp3) is 0.519. The first-order valence-corrected chi connectivity index (χ1v) is 11.7. The van der Waals surface area contributed by atoms with Crippen molar-refractivity contribution >= 4 is 11.7 Å². The van der Waals surface area contributed by atoms with E-state index in [9.17, 15) is 4.79 Å². The molecule has 0 bridgehead atoms. The fourth-order valence-corrected chi connectivity index (χ4v) is 4.14. The molecule has 0 fully saturated rings. The van der Waals surface area contributed by atoms with Crippen LogP contribution in [0.5, 0.6) is 5.75 Å². The Bertz CT molecular complexity index is 769. The van der Waals surface area contributed by atoms with Crippen LogP contribution < -0.4 is 10.1 Å². The van der Waals surface area contributed by atoms with Crippen LogP contribution in [-0.4, -0.2) is 26.2 Å². The Morgan fingerprint density at radius 2 is 1.94 bits per heavy atom. The van der Waals surface area contributed by atoms with Crippen LogP contribution in [0.1, 0.15) is 69.9 Å².